The van der Waals surface area contributed by atoms with Crippen molar-refractivity contribution in [3.05, 3.63) is 22.7 Å². The maximum atomic E-state index is 6.20. The fourth-order valence-corrected chi connectivity index (χ4v) is 1.83. The molecule has 1 aromatic carbocycles. The van der Waals surface area contributed by atoms with Gasteiger partial charge in [0.15, 0.2) is 11.5 Å². The molecule has 0 N–H and O–H groups in total. The molecule has 0 spiro atoms. The number of hydrogen-bond acceptors (Lipinski definition) is 3. The van der Waals surface area contributed by atoms with Gasteiger partial charge in [0.25, 0.3) is 0 Å². The summed E-state index contributed by atoms with van der Waals surface area (Å²) in [6.07, 6.45) is 1.15. The average Bonchev–Trinajstić information content (AvgIpc) is 3.04. The summed E-state index contributed by atoms with van der Waals surface area (Å²) in [6, 6.07) is 3.81. The average molecular weight is 229 g/mol. The third-order valence-corrected chi connectivity index (χ3v) is 2.83. The van der Waals surface area contributed by atoms with Gasteiger partial charge in [-0.15, -0.1) is 0 Å². The molecule has 15 heavy (non-hydrogen) atoms. The van der Waals surface area contributed by atoms with Crippen molar-refractivity contribution in [1.29, 1.82) is 0 Å². The molecule has 4 heteroatoms. The van der Waals surface area contributed by atoms with Crippen LogP contribution in [0.25, 0.3) is 0 Å². The second-order valence-corrected chi connectivity index (χ2v) is 3.81. The number of hydrogen-bond donors (Lipinski definition) is 0. The minimum Gasteiger partial charge on any atom is -0.493 e. The zero-order valence-electron chi connectivity index (χ0n) is 8.75. The van der Waals surface area contributed by atoms with Crippen LogP contribution in [-0.2, 0) is 11.2 Å². The molecule has 1 aliphatic rings. The van der Waals surface area contributed by atoms with Crippen molar-refractivity contribution >= 4 is 11.6 Å². The maximum absolute atomic E-state index is 6.20. The highest BCUT2D eigenvalue weighted by Gasteiger charge is 2.25. The molecule has 1 aromatic rings. The van der Waals surface area contributed by atoms with Crippen molar-refractivity contribution in [2.24, 2.45) is 0 Å². The molecule has 3 nitrogen and oxygen atoms in total. The summed E-state index contributed by atoms with van der Waals surface area (Å²) in [4.78, 5) is 0. The van der Waals surface area contributed by atoms with Gasteiger partial charge in [-0.25, -0.2) is 0 Å². The highest BCUT2D eigenvalue weighted by molar-refractivity contribution is 6.33. The highest BCUT2D eigenvalue weighted by Crippen LogP contribution is 2.38. The Morgan fingerprint density at radius 3 is 2.67 bits per heavy atom. The van der Waals surface area contributed by atoms with Crippen molar-refractivity contribution in [3.8, 4) is 11.5 Å². The summed E-state index contributed by atoms with van der Waals surface area (Å²) in [6.45, 7) is 0.824. The van der Waals surface area contributed by atoms with Gasteiger partial charge in [-0.3, -0.25) is 0 Å². The molecule has 0 aromatic heterocycles. The lowest BCUT2D eigenvalue weighted by molar-refractivity contribution is 0.354. The van der Waals surface area contributed by atoms with E-state index in [1.807, 2.05) is 12.1 Å². The molecule has 1 unspecified atom stereocenters. The summed E-state index contributed by atoms with van der Waals surface area (Å²) >= 11 is 6.20. The quantitative estimate of drug-likeness (QED) is 0.741. The predicted octanol–water partition coefficient (Wildman–Crippen LogP) is 2.30. The number of rotatable bonds is 4. The monoisotopic (exact) mass is 228 g/mol. The van der Waals surface area contributed by atoms with Gasteiger partial charge in [-0.2, -0.15) is 0 Å². The summed E-state index contributed by atoms with van der Waals surface area (Å²) in [5.41, 5.74) is 1.04. The van der Waals surface area contributed by atoms with E-state index in [4.69, 9.17) is 25.8 Å². The van der Waals surface area contributed by atoms with Crippen molar-refractivity contribution < 1.29 is 14.2 Å². The van der Waals surface area contributed by atoms with Crippen LogP contribution in [0.3, 0.4) is 0 Å². The first kappa shape index (κ1) is 10.6. The molecule has 0 saturated carbocycles. The summed E-state index contributed by atoms with van der Waals surface area (Å²) < 4.78 is 15.5. The first-order valence-corrected chi connectivity index (χ1v) is 5.15. The van der Waals surface area contributed by atoms with Crippen LogP contribution in [0.2, 0.25) is 5.02 Å². The zero-order chi connectivity index (χ0) is 10.8. The van der Waals surface area contributed by atoms with Crippen molar-refractivity contribution in [3.63, 3.8) is 0 Å². The summed E-state index contributed by atoms with van der Waals surface area (Å²) in [5, 5.41) is 0.618. The molecule has 0 bridgehead atoms. The molecule has 82 valence electrons. The normalized spacial score (nSPS) is 18.7. The first-order chi connectivity index (χ1) is 7.26. The minimum atomic E-state index is 0.320. The molecule has 2 rings (SSSR count). The predicted molar refractivity (Wildman–Crippen MR) is 58.0 cm³/mol. The second kappa shape index (κ2) is 4.29. The van der Waals surface area contributed by atoms with Crippen molar-refractivity contribution in [2.45, 2.75) is 12.5 Å². The lowest BCUT2D eigenvalue weighted by atomic mass is 10.1. The van der Waals surface area contributed by atoms with Crippen LogP contribution in [0.5, 0.6) is 11.5 Å². The SMILES string of the molecule is COc1ccc(CC2CO2)c(Cl)c1OC. The van der Waals surface area contributed by atoms with E-state index < -0.39 is 0 Å². The Bertz CT molecular complexity index is 361. The van der Waals surface area contributed by atoms with Gasteiger partial charge >= 0.3 is 0 Å². The maximum Gasteiger partial charge on any atom is 0.179 e. The van der Waals surface area contributed by atoms with Crippen LogP contribution in [0.15, 0.2) is 12.1 Å². The van der Waals surface area contributed by atoms with Gasteiger partial charge in [0.2, 0.25) is 0 Å². The Morgan fingerprint density at radius 2 is 2.13 bits per heavy atom. The van der Waals surface area contributed by atoms with Crippen LogP contribution in [-0.4, -0.2) is 26.9 Å². The van der Waals surface area contributed by atoms with E-state index in [2.05, 4.69) is 0 Å². The number of epoxide rings is 1. The summed E-state index contributed by atoms with van der Waals surface area (Å²) in [7, 11) is 3.18. The standard InChI is InChI=1S/C11H13ClO3/c1-13-9-4-3-7(5-8-6-15-8)10(12)11(9)14-2/h3-4,8H,5-6H2,1-2H3. The Kier molecular flexibility index (Phi) is 3.03. The third-order valence-electron chi connectivity index (χ3n) is 2.41. The van der Waals surface area contributed by atoms with Crippen LogP contribution >= 0.6 is 11.6 Å². The fraction of sp³-hybridized carbons (Fsp3) is 0.455. The molecule has 0 radical (unpaired) electrons. The Hall–Kier alpha value is -0.930. The zero-order valence-corrected chi connectivity index (χ0v) is 9.50. The van der Waals surface area contributed by atoms with E-state index in [1.165, 1.54) is 0 Å². The van der Waals surface area contributed by atoms with E-state index in [1.54, 1.807) is 14.2 Å². The first-order valence-electron chi connectivity index (χ1n) is 4.77. The third kappa shape index (κ3) is 2.19. The lowest BCUT2D eigenvalue weighted by Crippen LogP contribution is -1.98. The minimum absolute atomic E-state index is 0.320. The van der Waals surface area contributed by atoms with Gasteiger partial charge in [0.05, 0.1) is 32.0 Å². The largest absolute Gasteiger partial charge is 0.493 e. The Labute approximate surface area is 93.9 Å². The van der Waals surface area contributed by atoms with Crippen LogP contribution in [0, 0.1) is 0 Å². The molecular formula is C11H13ClO3. The highest BCUT2D eigenvalue weighted by atomic mass is 35.5. The van der Waals surface area contributed by atoms with Crippen LogP contribution in [0.4, 0.5) is 0 Å². The molecule has 1 fully saturated rings. The molecule has 0 aliphatic carbocycles. The van der Waals surface area contributed by atoms with Gasteiger partial charge < -0.3 is 14.2 Å². The fourth-order valence-electron chi connectivity index (χ4n) is 1.52. The number of halogens is 1. The lowest BCUT2D eigenvalue weighted by Gasteiger charge is -2.11. The van der Waals surface area contributed by atoms with Gasteiger partial charge in [-0.1, -0.05) is 17.7 Å². The van der Waals surface area contributed by atoms with E-state index in [0.29, 0.717) is 22.6 Å². The topological polar surface area (TPSA) is 31.0 Å². The number of benzene rings is 1. The van der Waals surface area contributed by atoms with E-state index in [0.717, 1.165) is 18.6 Å². The van der Waals surface area contributed by atoms with Gasteiger partial charge in [0.1, 0.15) is 0 Å². The number of ether oxygens (including phenoxy) is 3. The van der Waals surface area contributed by atoms with Gasteiger partial charge in [-0.05, 0) is 11.6 Å². The Morgan fingerprint density at radius 1 is 1.40 bits per heavy atom. The van der Waals surface area contributed by atoms with Gasteiger partial charge in [0, 0.05) is 6.42 Å². The second-order valence-electron chi connectivity index (χ2n) is 3.43. The number of methoxy groups -OCH3 is 2. The smallest absolute Gasteiger partial charge is 0.179 e. The Balaban J connectivity index is 2.31. The molecule has 1 heterocycles. The van der Waals surface area contributed by atoms with E-state index in [9.17, 15) is 0 Å². The van der Waals surface area contributed by atoms with Crippen LogP contribution in [0.1, 0.15) is 5.56 Å². The van der Waals surface area contributed by atoms with E-state index in [-0.39, 0.29) is 0 Å². The molecular weight excluding hydrogens is 216 g/mol. The molecule has 1 aliphatic heterocycles. The molecule has 0 amide bonds. The summed E-state index contributed by atoms with van der Waals surface area (Å²) in [5.74, 6) is 1.25. The van der Waals surface area contributed by atoms with E-state index >= 15 is 0 Å². The molecule has 1 atom stereocenters. The van der Waals surface area contributed by atoms with Crippen molar-refractivity contribution in [2.75, 3.05) is 20.8 Å². The van der Waals surface area contributed by atoms with Crippen LogP contribution < -0.4 is 9.47 Å². The molecule has 1 saturated heterocycles. The van der Waals surface area contributed by atoms with Crippen molar-refractivity contribution in [1.82, 2.24) is 0 Å².